The first-order chi connectivity index (χ1) is 19.9. The number of fused-ring (bicyclic) bond motifs is 5. The number of aliphatic hydroxyl groups is 2. The second-order valence-corrected chi connectivity index (χ2v) is 17.6. The van der Waals surface area contributed by atoms with Crippen LogP contribution in [0.4, 0.5) is 0 Å². The smallest absolute Gasteiger partial charge is 0.303 e. The van der Waals surface area contributed by atoms with Crippen molar-refractivity contribution in [2.45, 2.75) is 142 Å². The maximum absolute atomic E-state index is 13.5. The molecular formula is C36H57NO5. The summed E-state index contributed by atoms with van der Waals surface area (Å²) in [6.07, 6.45) is 15.4. The third-order valence-electron chi connectivity index (χ3n) is 15.4. The van der Waals surface area contributed by atoms with Crippen LogP contribution in [0.25, 0.3) is 0 Å². The summed E-state index contributed by atoms with van der Waals surface area (Å²) >= 11 is 0. The Balaban J connectivity index is 1.01. The topological polar surface area (TPSA) is 107 Å². The van der Waals surface area contributed by atoms with Crippen LogP contribution < -0.4 is 5.32 Å². The Morgan fingerprint density at radius 2 is 1.55 bits per heavy atom. The van der Waals surface area contributed by atoms with Crippen molar-refractivity contribution >= 4 is 11.9 Å². The molecule has 0 aromatic carbocycles. The van der Waals surface area contributed by atoms with Gasteiger partial charge in [-0.3, -0.25) is 9.59 Å². The van der Waals surface area contributed by atoms with Crippen molar-refractivity contribution in [1.29, 1.82) is 0 Å². The van der Waals surface area contributed by atoms with Crippen LogP contribution in [0, 0.1) is 69.5 Å². The van der Waals surface area contributed by atoms with Crippen LogP contribution in [0.15, 0.2) is 0 Å². The zero-order chi connectivity index (χ0) is 29.6. The molecule has 0 heterocycles. The van der Waals surface area contributed by atoms with Gasteiger partial charge in [0.2, 0.25) is 5.91 Å². The number of hydrogen-bond acceptors (Lipinski definition) is 4. The largest absolute Gasteiger partial charge is 0.481 e. The highest BCUT2D eigenvalue weighted by atomic mass is 16.4. The lowest BCUT2D eigenvalue weighted by Crippen LogP contribution is -2.63. The predicted octanol–water partition coefficient (Wildman–Crippen LogP) is 6.18. The molecule has 8 aliphatic rings. The van der Waals surface area contributed by atoms with Gasteiger partial charge >= 0.3 is 5.97 Å². The summed E-state index contributed by atoms with van der Waals surface area (Å²) in [5, 5.41) is 36.4. The van der Waals surface area contributed by atoms with Crippen LogP contribution in [0.1, 0.15) is 124 Å². The maximum atomic E-state index is 13.5. The highest BCUT2D eigenvalue weighted by Crippen LogP contribution is 2.68. The Bertz CT molecular complexity index is 1040. The van der Waals surface area contributed by atoms with Crippen molar-refractivity contribution in [3.05, 3.63) is 0 Å². The summed E-state index contributed by atoms with van der Waals surface area (Å²) < 4.78 is 0. The molecule has 0 saturated heterocycles. The Hall–Kier alpha value is -1.14. The van der Waals surface area contributed by atoms with Gasteiger partial charge in [-0.1, -0.05) is 20.8 Å². The molecule has 1 amide bonds. The summed E-state index contributed by atoms with van der Waals surface area (Å²) in [7, 11) is 0. The molecule has 6 nitrogen and oxygen atoms in total. The standard InChI is InChI=1S/C36H57NO5/c1-20(4-7-32(41)42)26-5-6-27-33-28(15-30(39)35(26,27)3)34(2)9-8-25(13-24(34)14-29(33)38)37-31(40)19-36-16-21-10-22(17-36)12-23(11-21)18-36/h20-30,33,38-39H,4-19H2,1-3H3,(H,37,40)(H,41,42)/t20-,21?,22?,23?,24+,25+,26-,27+,28+,29-,30+,33+,34+,35-,36?/m1/s1. The molecule has 8 rings (SSSR count). The van der Waals surface area contributed by atoms with Crippen LogP contribution in [0.5, 0.6) is 0 Å². The Morgan fingerprint density at radius 1 is 0.881 bits per heavy atom. The van der Waals surface area contributed by atoms with E-state index in [0.29, 0.717) is 24.2 Å². The van der Waals surface area contributed by atoms with Crippen molar-refractivity contribution in [2.75, 3.05) is 0 Å². The molecule has 8 saturated carbocycles. The predicted molar refractivity (Wildman–Crippen MR) is 161 cm³/mol. The SMILES string of the molecule is C[C@H](CCC(=O)O)[C@H]1CC[C@H]2[C@@H]3[C@H](O)C[C@@H]4C[C@@H](NC(=O)CC56CC7CC(CC(C7)C5)C6)CC[C@]4(C)[C@H]3C[C@H](O)[C@]12C. The quantitative estimate of drug-likeness (QED) is 0.286. The molecule has 0 aromatic rings. The lowest BCUT2D eigenvalue weighted by Gasteiger charge is -2.63. The fraction of sp³-hybridized carbons (Fsp3) is 0.944. The molecule has 0 aliphatic heterocycles. The lowest BCUT2D eigenvalue weighted by atomic mass is 9.43. The van der Waals surface area contributed by atoms with Gasteiger partial charge in [-0.15, -0.1) is 0 Å². The van der Waals surface area contributed by atoms with Gasteiger partial charge in [-0.2, -0.15) is 0 Å². The van der Waals surface area contributed by atoms with Crippen LogP contribution in [0.2, 0.25) is 0 Å². The Morgan fingerprint density at radius 3 is 2.19 bits per heavy atom. The molecule has 6 heteroatoms. The third kappa shape index (κ3) is 4.70. The van der Waals surface area contributed by atoms with E-state index in [1.54, 1.807) is 0 Å². The van der Waals surface area contributed by atoms with Crippen molar-refractivity contribution in [1.82, 2.24) is 5.32 Å². The number of hydrogen-bond donors (Lipinski definition) is 4. The number of carbonyl (C=O) groups excluding carboxylic acids is 1. The summed E-state index contributed by atoms with van der Waals surface area (Å²) in [5.74, 6) is 3.86. The number of carboxylic acids is 1. The summed E-state index contributed by atoms with van der Waals surface area (Å²) in [5.41, 5.74) is 0.0947. The summed E-state index contributed by atoms with van der Waals surface area (Å²) in [6.45, 7) is 6.87. The molecular weight excluding hydrogens is 526 g/mol. The molecule has 0 unspecified atom stereocenters. The molecule has 0 aromatic heterocycles. The van der Waals surface area contributed by atoms with Gasteiger partial charge < -0.3 is 20.6 Å². The van der Waals surface area contributed by atoms with Crippen LogP contribution in [-0.2, 0) is 9.59 Å². The maximum Gasteiger partial charge on any atom is 0.303 e. The highest BCUT2D eigenvalue weighted by Gasteiger charge is 2.66. The number of amides is 1. The first-order valence-corrected chi connectivity index (χ1v) is 17.8. The monoisotopic (exact) mass is 583 g/mol. The van der Waals surface area contributed by atoms with Crippen LogP contribution in [-0.4, -0.2) is 45.4 Å². The number of aliphatic hydroxyl groups excluding tert-OH is 2. The lowest BCUT2D eigenvalue weighted by molar-refractivity contribution is -0.202. The zero-order valence-corrected chi connectivity index (χ0v) is 26.4. The second-order valence-electron chi connectivity index (χ2n) is 17.6. The molecule has 42 heavy (non-hydrogen) atoms. The fourth-order valence-electron chi connectivity index (χ4n) is 14.0. The minimum Gasteiger partial charge on any atom is -0.481 e. The van der Waals surface area contributed by atoms with E-state index in [-0.39, 0.29) is 58.5 Å². The number of aliphatic carboxylic acids is 1. The average Bonchev–Trinajstić information content (AvgIpc) is 3.26. The summed E-state index contributed by atoms with van der Waals surface area (Å²) in [4.78, 5) is 24.7. The second kappa shape index (κ2) is 10.5. The minimum atomic E-state index is -0.744. The van der Waals surface area contributed by atoms with Crippen molar-refractivity contribution in [2.24, 2.45) is 69.5 Å². The number of rotatable bonds is 7. The molecule has 0 spiro atoms. The molecule has 236 valence electrons. The van der Waals surface area contributed by atoms with E-state index in [2.05, 4.69) is 26.1 Å². The van der Waals surface area contributed by atoms with Gasteiger partial charge in [0.15, 0.2) is 0 Å². The fourth-order valence-corrected chi connectivity index (χ4v) is 14.0. The van der Waals surface area contributed by atoms with Crippen molar-refractivity contribution in [3.63, 3.8) is 0 Å². The summed E-state index contributed by atoms with van der Waals surface area (Å²) in [6, 6.07) is 0.206. The van der Waals surface area contributed by atoms with Gasteiger partial charge in [0.25, 0.3) is 0 Å². The number of carbonyl (C=O) groups is 2. The Kier molecular flexibility index (Phi) is 7.36. The van der Waals surface area contributed by atoms with E-state index >= 15 is 0 Å². The number of nitrogens with one attached hydrogen (secondary N) is 1. The van der Waals surface area contributed by atoms with Gasteiger partial charge in [0.05, 0.1) is 12.2 Å². The van der Waals surface area contributed by atoms with Crippen molar-refractivity contribution in [3.8, 4) is 0 Å². The first-order valence-electron chi connectivity index (χ1n) is 17.8. The van der Waals surface area contributed by atoms with Gasteiger partial charge in [0, 0.05) is 18.9 Å². The van der Waals surface area contributed by atoms with Crippen LogP contribution in [0.3, 0.4) is 0 Å². The Labute approximate surface area is 253 Å². The molecule has 0 radical (unpaired) electrons. The first kappa shape index (κ1) is 29.6. The molecule has 11 atom stereocenters. The van der Waals surface area contributed by atoms with Gasteiger partial charge in [-0.05, 0) is 159 Å². The number of carboxylic acid groups (broad SMARTS) is 1. The molecule has 8 fully saturated rings. The van der Waals surface area contributed by atoms with Crippen LogP contribution >= 0.6 is 0 Å². The van der Waals surface area contributed by atoms with E-state index in [9.17, 15) is 24.9 Å². The van der Waals surface area contributed by atoms with E-state index in [4.69, 9.17) is 0 Å². The highest BCUT2D eigenvalue weighted by molar-refractivity contribution is 5.77. The van der Waals surface area contributed by atoms with Crippen molar-refractivity contribution < 1.29 is 24.9 Å². The molecule has 4 bridgehead atoms. The average molecular weight is 584 g/mol. The van der Waals surface area contributed by atoms with E-state index in [1.807, 2.05) is 0 Å². The molecule has 4 N–H and O–H groups in total. The third-order valence-corrected chi connectivity index (χ3v) is 15.4. The van der Waals surface area contributed by atoms with Gasteiger partial charge in [0.1, 0.15) is 0 Å². The van der Waals surface area contributed by atoms with Gasteiger partial charge in [-0.25, -0.2) is 0 Å². The minimum absolute atomic E-state index is 0.0837. The van der Waals surface area contributed by atoms with E-state index < -0.39 is 12.1 Å². The van der Waals surface area contributed by atoms with E-state index in [0.717, 1.165) is 69.1 Å². The normalized spacial score (nSPS) is 53.1. The zero-order valence-electron chi connectivity index (χ0n) is 26.4. The molecule has 8 aliphatic carbocycles. The van der Waals surface area contributed by atoms with E-state index in [1.165, 1.54) is 38.5 Å².